The van der Waals surface area contributed by atoms with Gasteiger partial charge in [0.1, 0.15) is 6.61 Å². The molecule has 1 fully saturated rings. The minimum atomic E-state index is -4.12. The van der Waals surface area contributed by atoms with Crippen molar-refractivity contribution in [2.24, 2.45) is 0 Å². The molecule has 1 aliphatic rings. The molecule has 0 aromatic rings. The molecule has 0 spiro atoms. The molecule has 0 aromatic heterocycles. The van der Waals surface area contributed by atoms with Gasteiger partial charge < -0.3 is 9.64 Å². The van der Waals surface area contributed by atoms with Crippen LogP contribution in [0.2, 0.25) is 0 Å². The Bertz CT molecular complexity index is 315. The standard InChI is InChI=1S/C11H18F4N2O2/c1-8-9(18)16(2)3-4-17(8)5-6-19-7-11(14,15)10(12)13/h8,10H,3-7H2,1-2H3/t8-/m1/s1. The van der Waals surface area contributed by atoms with Crippen molar-refractivity contribution in [3.05, 3.63) is 0 Å². The maximum Gasteiger partial charge on any atom is 0.330 e. The van der Waals surface area contributed by atoms with Crippen LogP contribution >= 0.6 is 0 Å². The number of nitrogens with zero attached hydrogens (tertiary/aromatic N) is 2. The van der Waals surface area contributed by atoms with Crippen LogP contribution in [0, 0.1) is 0 Å². The highest BCUT2D eigenvalue weighted by Gasteiger charge is 2.41. The molecular formula is C11H18F4N2O2. The Balaban J connectivity index is 2.28. The number of likely N-dealkylation sites (N-methyl/N-ethyl adjacent to an activating group) is 1. The summed E-state index contributed by atoms with van der Waals surface area (Å²) in [7, 11) is 1.69. The fourth-order valence-corrected chi connectivity index (χ4v) is 1.82. The lowest BCUT2D eigenvalue weighted by molar-refractivity contribution is -0.167. The number of carbonyl (C=O) groups excluding carboxylic acids is 1. The van der Waals surface area contributed by atoms with Gasteiger partial charge in [-0.05, 0) is 6.92 Å². The van der Waals surface area contributed by atoms with Gasteiger partial charge in [-0.15, -0.1) is 0 Å². The SMILES string of the molecule is C[C@@H]1C(=O)N(C)CCN1CCOCC(F)(F)C(F)F. The van der Waals surface area contributed by atoms with E-state index in [1.54, 1.807) is 23.8 Å². The Morgan fingerprint density at radius 2 is 2.05 bits per heavy atom. The van der Waals surface area contributed by atoms with Crippen LogP contribution in [-0.4, -0.2) is 74.0 Å². The van der Waals surface area contributed by atoms with E-state index < -0.39 is 19.0 Å². The topological polar surface area (TPSA) is 32.8 Å². The number of ether oxygens (including phenoxy) is 1. The van der Waals surface area contributed by atoms with Crippen molar-refractivity contribution in [2.75, 3.05) is 39.9 Å². The Hall–Kier alpha value is -0.890. The monoisotopic (exact) mass is 286 g/mol. The highest BCUT2D eigenvalue weighted by Crippen LogP contribution is 2.22. The molecule has 4 nitrogen and oxygen atoms in total. The van der Waals surface area contributed by atoms with E-state index in [4.69, 9.17) is 0 Å². The van der Waals surface area contributed by atoms with Gasteiger partial charge in [0.2, 0.25) is 5.91 Å². The number of alkyl halides is 4. The quantitative estimate of drug-likeness (QED) is 0.541. The molecule has 0 aliphatic carbocycles. The van der Waals surface area contributed by atoms with Gasteiger partial charge in [0.05, 0.1) is 12.6 Å². The summed E-state index contributed by atoms with van der Waals surface area (Å²) in [5, 5.41) is 0. The molecule has 8 heteroatoms. The molecule has 112 valence electrons. The van der Waals surface area contributed by atoms with Crippen LogP contribution in [0.3, 0.4) is 0 Å². The van der Waals surface area contributed by atoms with Crippen molar-refractivity contribution in [2.45, 2.75) is 25.3 Å². The Morgan fingerprint density at radius 1 is 1.42 bits per heavy atom. The van der Waals surface area contributed by atoms with Crippen LogP contribution in [0.4, 0.5) is 17.6 Å². The first kappa shape index (κ1) is 16.2. The molecule has 1 atom stereocenters. The maximum atomic E-state index is 12.6. The lowest BCUT2D eigenvalue weighted by Gasteiger charge is -2.37. The molecule has 1 heterocycles. The molecule has 0 unspecified atom stereocenters. The van der Waals surface area contributed by atoms with Gasteiger partial charge in [0, 0.05) is 26.7 Å². The summed E-state index contributed by atoms with van der Waals surface area (Å²) < 4.78 is 53.4. The van der Waals surface area contributed by atoms with E-state index in [0.29, 0.717) is 13.1 Å². The second-order valence-electron chi connectivity index (χ2n) is 4.59. The lowest BCUT2D eigenvalue weighted by atomic mass is 10.2. The van der Waals surface area contributed by atoms with Crippen LogP contribution in [0.5, 0.6) is 0 Å². The van der Waals surface area contributed by atoms with Crippen LogP contribution in [0.25, 0.3) is 0 Å². The summed E-state index contributed by atoms with van der Waals surface area (Å²) in [5.41, 5.74) is 0. The van der Waals surface area contributed by atoms with Gasteiger partial charge in [-0.2, -0.15) is 8.78 Å². The summed E-state index contributed by atoms with van der Waals surface area (Å²) in [5.74, 6) is -4.17. The minimum absolute atomic E-state index is 0.0517. The fourth-order valence-electron chi connectivity index (χ4n) is 1.82. The van der Waals surface area contributed by atoms with Crippen LogP contribution in [0.1, 0.15) is 6.92 Å². The number of piperazine rings is 1. The number of carbonyl (C=O) groups is 1. The van der Waals surface area contributed by atoms with Gasteiger partial charge >= 0.3 is 12.3 Å². The Kier molecular flexibility index (Phi) is 5.54. The predicted molar refractivity (Wildman–Crippen MR) is 60.4 cm³/mol. The van der Waals surface area contributed by atoms with Crippen molar-refractivity contribution in [3.63, 3.8) is 0 Å². The molecular weight excluding hydrogens is 268 g/mol. The summed E-state index contributed by atoms with van der Waals surface area (Å²) in [6.45, 7) is 1.73. The van der Waals surface area contributed by atoms with Gasteiger partial charge in [-0.3, -0.25) is 9.69 Å². The van der Waals surface area contributed by atoms with Gasteiger partial charge in [-0.25, -0.2) is 8.78 Å². The number of hydrogen-bond acceptors (Lipinski definition) is 3. The third-order valence-corrected chi connectivity index (χ3v) is 3.14. The number of hydrogen-bond donors (Lipinski definition) is 0. The molecule has 0 N–H and O–H groups in total. The van der Waals surface area contributed by atoms with E-state index in [-0.39, 0.29) is 25.1 Å². The average molecular weight is 286 g/mol. The Labute approximate surface area is 109 Å². The highest BCUT2D eigenvalue weighted by molar-refractivity contribution is 5.81. The number of rotatable bonds is 6. The molecule has 0 aromatic carbocycles. The maximum absolute atomic E-state index is 12.6. The van der Waals surface area contributed by atoms with E-state index in [9.17, 15) is 22.4 Å². The van der Waals surface area contributed by atoms with E-state index >= 15 is 0 Å². The zero-order chi connectivity index (χ0) is 14.6. The highest BCUT2D eigenvalue weighted by atomic mass is 19.3. The van der Waals surface area contributed by atoms with Crippen molar-refractivity contribution in [3.8, 4) is 0 Å². The fraction of sp³-hybridized carbons (Fsp3) is 0.909. The summed E-state index contributed by atoms with van der Waals surface area (Å²) in [6, 6.07) is -0.349. The van der Waals surface area contributed by atoms with Crippen molar-refractivity contribution in [1.29, 1.82) is 0 Å². The van der Waals surface area contributed by atoms with Crippen molar-refractivity contribution in [1.82, 2.24) is 9.80 Å². The molecule has 1 amide bonds. The smallest absolute Gasteiger partial charge is 0.330 e. The Morgan fingerprint density at radius 3 is 2.63 bits per heavy atom. The zero-order valence-corrected chi connectivity index (χ0v) is 10.9. The zero-order valence-electron chi connectivity index (χ0n) is 10.9. The summed E-state index contributed by atoms with van der Waals surface area (Å²) in [4.78, 5) is 15.0. The predicted octanol–water partition coefficient (Wildman–Crippen LogP) is 1.07. The summed E-state index contributed by atoms with van der Waals surface area (Å²) in [6.07, 6.45) is -3.73. The number of amides is 1. The van der Waals surface area contributed by atoms with E-state index in [1.807, 2.05) is 0 Å². The van der Waals surface area contributed by atoms with Crippen LogP contribution < -0.4 is 0 Å². The first-order valence-electron chi connectivity index (χ1n) is 5.98. The third-order valence-electron chi connectivity index (χ3n) is 3.14. The first-order valence-corrected chi connectivity index (χ1v) is 5.98. The van der Waals surface area contributed by atoms with Gasteiger partial charge in [-0.1, -0.05) is 0 Å². The lowest BCUT2D eigenvalue weighted by Crippen LogP contribution is -2.55. The molecule has 19 heavy (non-hydrogen) atoms. The minimum Gasteiger partial charge on any atom is -0.374 e. The van der Waals surface area contributed by atoms with Gasteiger partial charge in [0.25, 0.3) is 0 Å². The molecule has 1 saturated heterocycles. The molecule has 0 bridgehead atoms. The molecule has 1 rings (SSSR count). The summed E-state index contributed by atoms with van der Waals surface area (Å²) >= 11 is 0. The van der Waals surface area contributed by atoms with Crippen molar-refractivity contribution < 1.29 is 27.1 Å². The molecule has 0 radical (unpaired) electrons. The second-order valence-corrected chi connectivity index (χ2v) is 4.59. The first-order chi connectivity index (χ1) is 8.75. The average Bonchev–Trinajstić information content (AvgIpc) is 2.34. The van der Waals surface area contributed by atoms with Crippen molar-refractivity contribution >= 4 is 5.91 Å². The number of halogens is 4. The molecule has 1 aliphatic heterocycles. The van der Waals surface area contributed by atoms with Gasteiger partial charge in [0.15, 0.2) is 0 Å². The second kappa shape index (κ2) is 6.51. The van der Waals surface area contributed by atoms with Crippen LogP contribution in [0.15, 0.2) is 0 Å². The van der Waals surface area contributed by atoms with E-state index in [1.165, 1.54) is 0 Å². The van der Waals surface area contributed by atoms with Crippen LogP contribution in [-0.2, 0) is 9.53 Å². The third kappa shape index (κ3) is 4.31. The van der Waals surface area contributed by atoms with E-state index in [2.05, 4.69) is 4.74 Å². The largest absolute Gasteiger partial charge is 0.374 e. The molecule has 0 saturated carbocycles. The van der Waals surface area contributed by atoms with E-state index in [0.717, 1.165) is 0 Å². The normalized spacial score (nSPS) is 22.4.